The number of nitrogens with zero attached hydrogens (tertiary/aromatic N) is 3. The number of nitrogens with one attached hydrogen (secondary N) is 1. The Labute approximate surface area is 195 Å². The summed E-state index contributed by atoms with van der Waals surface area (Å²) in [5.74, 6) is -0.323. The van der Waals surface area contributed by atoms with Gasteiger partial charge in [-0.15, -0.1) is 0 Å². The van der Waals surface area contributed by atoms with Crippen LogP contribution in [0.1, 0.15) is 42.1 Å². The predicted molar refractivity (Wildman–Crippen MR) is 135 cm³/mol. The molecule has 4 rings (SSSR count). The van der Waals surface area contributed by atoms with E-state index in [0.29, 0.717) is 11.9 Å². The van der Waals surface area contributed by atoms with Crippen LogP contribution >= 0.6 is 0 Å². The van der Waals surface area contributed by atoms with E-state index in [1.165, 1.54) is 0 Å². The summed E-state index contributed by atoms with van der Waals surface area (Å²) in [5, 5.41) is 3.52. The first-order valence-electron chi connectivity index (χ1n) is 12.0. The van der Waals surface area contributed by atoms with Gasteiger partial charge in [-0.05, 0) is 50.2 Å². The number of aromatic nitrogens is 1. The molecule has 0 atom stereocenters. The zero-order chi connectivity index (χ0) is 23.2. The maximum atomic E-state index is 13.3. The van der Waals surface area contributed by atoms with Gasteiger partial charge in [0, 0.05) is 50.0 Å². The molecule has 33 heavy (non-hydrogen) atoms. The molecule has 1 aliphatic rings. The lowest BCUT2D eigenvalue weighted by molar-refractivity contribution is 0.0949. The van der Waals surface area contributed by atoms with Gasteiger partial charge in [-0.25, -0.2) is 0 Å². The van der Waals surface area contributed by atoms with E-state index in [0.717, 1.165) is 68.8 Å². The molecule has 3 aromatic rings. The number of hydrogen-bond acceptors (Lipinski definition) is 4. The van der Waals surface area contributed by atoms with Crippen molar-refractivity contribution in [3.63, 3.8) is 0 Å². The fourth-order valence-electron chi connectivity index (χ4n) is 4.43. The summed E-state index contributed by atoms with van der Waals surface area (Å²) in [5.41, 5.74) is 3.06. The molecule has 1 fully saturated rings. The van der Waals surface area contributed by atoms with E-state index < -0.39 is 0 Å². The average Bonchev–Trinajstić information content (AvgIpc) is 3.07. The molecule has 0 unspecified atom stereocenters. The molecule has 1 aliphatic heterocycles. The SMILES string of the molecule is CCCCn1cc(C(=O)NCc2ccccc2)c(=O)c2ccc(N3CCCN(C)CC3)cc21. The summed E-state index contributed by atoms with van der Waals surface area (Å²) in [6.07, 6.45) is 4.90. The molecule has 1 N–H and O–H groups in total. The molecule has 1 amide bonds. The number of rotatable bonds is 7. The smallest absolute Gasteiger partial charge is 0.257 e. The third kappa shape index (κ3) is 5.45. The van der Waals surface area contributed by atoms with E-state index in [4.69, 9.17) is 0 Å². The van der Waals surface area contributed by atoms with Crippen LogP contribution in [0.3, 0.4) is 0 Å². The minimum Gasteiger partial charge on any atom is -0.370 e. The lowest BCUT2D eigenvalue weighted by Crippen LogP contribution is -2.30. The second kappa shape index (κ2) is 10.7. The fourth-order valence-corrected chi connectivity index (χ4v) is 4.43. The number of likely N-dealkylation sites (N-methyl/N-ethyl adjacent to an activating group) is 1. The zero-order valence-electron chi connectivity index (χ0n) is 19.7. The quantitative estimate of drug-likeness (QED) is 0.599. The molecule has 6 heteroatoms. The van der Waals surface area contributed by atoms with E-state index in [1.54, 1.807) is 6.20 Å². The monoisotopic (exact) mass is 446 g/mol. The molecule has 0 bridgehead atoms. The van der Waals surface area contributed by atoms with Crippen LogP contribution in [0.2, 0.25) is 0 Å². The number of fused-ring (bicyclic) bond motifs is 1. The highest BCUT2D eigenvalue weighted by Gasteiger charge is 2.18. The van der Waals surface area contributed by atoms with E-state index in [2.05, 4.69) is 39.7 Å². The minimum atomic E-state index is -0.323. The number of hydrogen-bond donors (Lipinski definition) is 1. The molecule has 0 saturated carbocycles. The van der Waals surface area contributed by atoms with Crippen LogP contribution in [0.25, 0.3) is 10.9 Å². The van der Waals surface area contributed by atoms with Crippen LogP contribution in [0, 0.1) is 0 Å². The van der Waals surface area contributed by atoms with Gasteiger partial charge in [-0.3, -0.25) is 9.59 Å². The third-order valence-electron chi connectivity index (χ3n) is 6.44. The Kier molecular flexibility index (Phi) is 7.45. The van der Waals surface area contributed by atoms with E-state index in [1.807, 2.05) is 42.5 Å². The highest BCUT2D eigenvalue weighted by Crippen LogP contribution is 2.23. The van der Waals surface area contributed by atoms with Crippen LogP contribution < -0.4 is 15.6 Å². The summed E-state index contributed by atoms with van der Waals surface area (Å²) in [6.45, 7) is 7.44. The summed E-state index contributed by atoms with van der Waals surface area (Å²) in [4.78, 5) is 31.0. The summed E-state index contributed by atoms with van der Waals surface area (Å²) in [6, 6.07) is 15.8. The van der Waals surface area contributed by atoms with E-state index in [-0.39, 0.29) is 16.9 Å². The van der Waals surface area contributed by atoms with Crippen molar-refractivity contribution in [2.45, 2.75) is 39.3 Å². The third-order valence-corrected chi connectivity index (χ3v) is 6.44. The van der Waals surface area contributed by atoms with Crippen LogP contribution in [-0.2, 0) is 13.1 Å². The van der Waals surface area contributed by atoms with Crippen LogP contribution in [-0.4, -0.2) is 48.6 Å². The normalized spacial score (nSPS) is 14.9. The highest BCUT2D eigenvalue weighted by atomic mass is 16.2. The van der Waals surface area contributed by atoms with Crippen LogP contribution in [0.4, 0.5) is 5.69 Å². The largest absolute Gasteiger partial charge is 0.370 e. The van der Waals surface area contributed by atoms with Gasteiger partial charge in [-0.2, -0.15) is 0 Å². The molecule has 2 heterocycles. The lowest BCUT2D eigenvalue weighted by atomic mass is 10.1. The lowest BCUT2D eigenvalue weighted by Gasteiger charge is -2.24. The molecular weight excluding hydrogens is 412 g/mol. The number of aryl methyl sites for hydroxylation is 1. The molecule has 1 aromatic heterocycles. The standard InChI is InChI=1S/C27H34N4O2/c1-3-4-14-31-20-24(27(33)28-19-21-9-6-5-7-10-21)26(32)23-12-11-22(18-25(23)31)30-15-8-13-29(2)16-17-30/h5-7,9-12,18,20H,3-4,8,13-17,19H2,1-2H3,(H,28,33). The Morgan fingerprint density at radius 2 is 1.85 bits per heavy atom. The van der Waals surface area contributed by atoms with Gasteiger partial charge in [0.15, 0.2) is 0 Å². The van der Waals surface area contributed by atoms with Crippen LogP contribution in [0.15, 0.2) is 59.5 Å². The summed E-state index contributed by atoms with van der Waals surface area (Å²) < 4.78 is 2.09. The molecule has 1 saturated heterocycles. The van der Waals surface area contributed by atoms with Crippen molar-refractivity contribution in [2.24, 2.45) is 0 Å². The topological polar surface area (TPSA) is 57.6 Å². The highest BCUT2D eigenvalue weighted by molar-refractivity contribution is 5.97. The van der Waals surface area contributed by atoms with Crippen molar-refractivity contribution >= 4 is 22.5 Å². The van der Waals surface area contributed by atoms with Gasteiger partial charge in [0.05, 0.1) is 5.52 Å². The first kappa shape index (κ1) is 23.1. The molecule has 2 aromatic carbocycles. The van der Waals surface area contributed by atoms with Gasteiger partial charge in [0.25, 0.3) is 5.91 Å². The number of amides is 1. The molecule has 0 spiro atoms. The Bertz CT molecular complexity index is 1160. The molecular formula is C27H34N4O2. The van der Waals surface area contributed by atoms with Gasteiger partial charge in [0.1, 0.15) is 5.56 Å². The number of carbonyl (C=O) groups excluding carboxylic acids is 1. The van der Waals surface area contributed by atoms with Gasteiger partial charge >= 0.3 is 0 Å². The molecule has 0 aliphatic carbocycles. The Morgan fingerprint density at radius 3 is 2.64 bits per heavy atom. The van der Waals surface area contributed by atoms with E-state index >= 15 is 0 Å². The predicted octanol–water partition coefficient (Wildman–Crippen LogP) is 3.87. The molecule has 0 radical (unpaired) electrons. The van der Waals surface area contributed by atoms with Crippen molar-refractivity contribution in [1.29, 1.82) is 0 Å². The zero-order valence-corrected chi connectivity index (χ0v) is 19.7. The van der Waals surface area contributed by atoms with Gasteiger partial charge in [0.2, 0.25) is 5.43 Å². The van der Waals surface area contributed by atoms with Crippen molar-refractivity contribution < 1.29 is 4.79 Å². The average molecular weight is 447 g/mol. The van der Waals surface area contributed by atoms with Crippen molar-refractivity contribution in [3.8, 4) is 0 Å². The van der Waals surface area contributed by atoms with Gasteiger partial charge < -0.3 is 19.7 Å². The van der Waals surface area contributed by atoms with Gasteiger partial charge in [-0.1, -0.05) is 43.7 Å². The first-order chi connectivity index (χ1) is 16.1. The minimum absolute atomic E-state index is 0.203. The Morgan fingerprint density at radius 1 is 1.03 bits per heavy atom. The van der Waals surface area contributed by atoms with Crippen molar-refractivity contribution in [3.05, 3.63) is 76.1 Å². The second-order valence-electron chi connectivity index (χ2n) is 8.93. The Hall–Kier alpha value is -3.12. The number of carbonyl (C=O) groups is 1. The maximum Gasteiger partial charge on any atom is 0.257 e. The number of pyridine rings is 1. The summed E-state index contributed by atoms with van der Waals surface area (Å²) >= 11 is 0. The van der Waals surface area contributed by atoms with E-state index in [9.17, 15) is 9.59 Å². The van der Waals surface area contributed by atoms with Crippen molar-refractivity contribution in [1.82, 2.24) is 14.8 Å². The number of benzene rings is 2. The number of anilines is 1. The van der Waals surface area contributed by atoms with Crippen molar-refractivity contribution in [2.75, 3.05) is 38.1 Å². The fraction of sp³-hybridized carbons (Fsp3) is 0.407. The number of unbranched alkanes of at least 4 members (excludes halogenated alkanes) is 1. The first-order valence-corrected chi connectivity index (χ1v) is 12.0. The molecule has 6 nitrogen and oxygen atoms in total. The maximum absolute atomic E-state index is 13.3. The second-order valence-corrected chi connectivity index (χ2v) is 8.93. The van der Waals surface area contributed by atoms with Crippen LogP contribution in [0.5, 0.6) is 0 Å². The summed E-state index contributed by atoms with van der Waals surface area (Å²) in [7, 11) is 2.16. The Balaban J connectivity index is 1.67. The molecule has 174 valence electrons.